The van der Waals surface area contributed by atoms with Gasteiger partial charge in [-0.25, -0.2) is 0 Å². The van der Waals surface area contributed by atoms with Gasteiger partial charge in [-0.05, 0) is 30.5 Å². The first kappa shape index (κ1) is 11.2. The van der Waals surface area contributed by atoms with Gasteiger partial charge >= 0.3 is 0 Å². The van der Waals surface area contributed by atoms with Gasteiger partial charge in [0.1, 0.15) is 0 Å². The van der Waals surface area contributed by atoms with Crippen molar-refractivity contribution in [3.63, 3.8) is 0 Å². The molecule has 1 amide bonds. The van der Waals surface area contributed by atoms with E-state index < -0.39 is 0 Å². The first-order chi connectivity index (χ1) is 8.25. The van der Waals surface area contributed by atoms with Crippen LogP contribution in [0.1, 0.15) is 16.8 Å². The van der Waals surface area contributed by atoms with Gasteiger partial charge in [0.2, 0.25) is 0 Å². The molecule has 0 unspecified atom stereocenters. The van der Waals surface area contributed by atoms with Crippen LogP contribution in [0.4, 0.5) is 0 Å². The van der Waals surface area contributed by atoms with Gasteiger partial charge < -0.3 is 10.2 Å². The topological polar surface area (TPSA) is 32.3 Å². The van der Waals surface area contributed by atoms with Crippen LogP contribution < -0.4 is 5.32 Å². The second-order valence-electron chi connectivity index (χ2n) is 4.78. The molecule has 1 N–H and O–H groups in total. The number of halogens is 1. The third-order valence-electron chi connectivity index (χ3n) is 3.78. The van der Waals surface area contributed by atoms with Gasteiger partial charge in [0, 0.05) is 35.7 Å². The Labute approximate surface area is 109 Å². The fourth-order valence-electron chi connectivity index (χ4n) is 2.89. The highest BCUT2D eigenvalue weighted by Gasteiger charge is 2.39. The predicted octanol–water partition coefficient (Wildman–Crippen LogP) is 1.88. The van der Waals surface area contributed by atoms with E-state index in [1.54, 1.807) is 0 Å². The molecule has 1 aromatic rings. The lowest BCUT2D eigenvalue weighted by atomic mass is 10.0. The summed E-state index contributed by atoms with van der Waals surface area (Å²) >= 11 is 3.41. The monoisotopic (exact) mass is 294 g/mol. The zero-order valence-corrected chi connectivity index (χ0v) is 11.1. The molecule has 2 atom stereocenters. The number of rotatable bonds is 1. The average Bonchev–Trinajstić information content (AvgIpc) is 2.89. The highest BCUT2D eigenvalue weighted by molar-refractivity contribution is 9.10. The summed E-state index contributed by atoms with van der Waals surface area (Å²) in [7, 11) is 0. The smallest absolute Gasteiger partial charge is 0.254 e. The van der Waals surface area contributed by atoms with Crippen molar-refractivity contribution in [2.24, 2.45) is 5.92 Å². The Kier molecular flexibility index (Phi) is 2.92. The van der Waals surface area contributed by atoms with E-state index in [0.717, 1.165) is 36.1 Å². The number of fused-ring (bicyclic) bond motifs is 1. The van der Waals surface area contributed by atoms with Crippen molar-refractivity contribution in [3.05, 3.63) is 34.3 Å². The maximum atomic E-state index is 12.4. The van der Waals surface area contributed by atoms with E-state index >= 15 is 0 Å². The number of hydrogen-bond donors (Lipinski definition) is 1. The highest BCUT2D eigenvalue weighted by Crippen LogP contribution is 2.28. The molecule has 0 bridgehead atoms. The summed E-state index contributed by atoms with van der Waals surface area (Å²) in [6, 6.07) is 8.06. The maximum Gasteiger partial charge on any atom is 0.254 e. The van der Waals surface area contributed by atoms with Gasteiger partial charge in [-0.15, -0.1) is 0 Å². The van der Waals surface area contributed by atoms with Crippen molar-refractivity contribution in [3.8, 4) is 0 Å². The second-order valence-corrected chi connectivity index (χ2v) is 5.70. The quantitative estimate of drug-likeness (QED) is 0.858. The molecular weight excluding hydrogens is 280 g/mol. The summed E-state index contributed by atoms with van der Waals surface area (Å²) in [5.41, 5.74) is 0.784. The van der Waals surface area contributed by atoms with Crippen molar-refractivity contribution in [1.29, 1.82) is 0 Å². The number of amides is 1. The van der Waals surface area contributed by atoms with Crippen LogP contribution in [0.25, 0.3) is 0 Å². The molecule has 2 saturated heterocycles. The third kappa shape index (κ3) is 2.00. The number of nitrogens with one attached hydrogen (secondary N) is 1. The minimum absolute atomic E-state index is 0.169. The lowest BCUT2D eigenvalue weighted by Crippen LogP contribution is -2.39. The standard InChI is InChI=1S/C13H15BrN2O/c14-11-3-1-2-9(6-11)13(17)16-5-4-10-7-15-8-12(10)16/h1-3,6,10,12,15H,4-5,7-8H2/t10-,12+/m1/s1. The van der Waals surface area contributed by atoms with Gasteiger partial charge in [0.15, 0.2) is 0 Å². The molecule has 17 heavy (non-hydrogen) atoms. The molecule has 2 fully saturated rings. The molecule has 0 aliphatic carbocycles. The molecule has 2 heterocycles. The Bertz CT molecular complexity index is 449. The number of carbonyl (C=O) groups is 1. The van der Waals surface area contributed by atoms with Crippen LogP contribution in [0.2, 0.25) is 0 Å². The van der Waals surface area contributed by atoms with Crippen LogP contribution >= 0.6 is 15.9 Å². The molecule has 3 nitrogen and oxygen atoms in total. The van der Waals surface area contributed by atoms with Gasteiger partial charge in [0.05, 0.1) is 0 Å². The number of nitrogens with zero attached hydrogens (tertiary/aromatic N) is 1. The summed E-state index contributed by atoms with van der Waals surface area (Å²) in [4.78, 5) is 14.5. The van der Waals surface area contributed by atoms with Crippen molar-refractivity contribution < 1.29 is 4.79 Å². The van der Waals surface area contributed by atoms with E-state index in [4.69, 9.17) is 0 Å². The zero-order chi connectivity index (χ0) is 11.8. The molecule has 0 saturated carbocycles. The van der Waals surface area contributed by atoms with Crippen molar-refractivity contribution >= 4 is 21.8 Å². The predicted molar refractivity (Wildman–Crippen MR) is 69.9 cm³/mol. The molecule has 0 aromatic heterocycles. The van der Waals surface area contributed by atoms with Crippen molar-refractivity contribution in [1.82, 2.24) is 10.2 Å². The highest BCUT2D eigenvalue weighted by atomic mass is 79.9. The van der Waals surface area contributed by atoms with Gasteiger partial charge in [-0.1, -0.05) is 22.0 Å². The number of likely N-dealkylation sites (tertiary alicyclic amines) is 1. The normalized spacial score (nSPS) is 27.2. The summed E-state index contributed by atoms with van der Waals surface area (Å²) in [5, 5.41) is 3.37. The van der Waals surface area contributed by atoms with E-state index in [-0.39, 0.29) is 5.91 Å². The molecule has 4 heteroatoms. The van der Waals surface area contributed by atoms with Crippen molar-refractivity contribution in [2.45, 2.75) is 12.5 Å². The third-order valence-corrected chi connectivity index (χ3v) is 4.27. The Morgan fingerprint density at radius 3 is 3.12 bits per heavy atom. The van der Waals surface area contributed by atoms with Crippen molar-refractivity contribution in [2.75, 3.05) is 19.6 Å². The minimum atomic E-state index is 0.169. The number of hydrogen-bond acceptors (Lipinski definition) is 2. The molecule has 1 aromatic carbocycles. The number of carbonyl (C=O) groups excluding carboxylic acids is 1. The van der Waals surface area contributed by atoms with Gasteiger partial charge in [-0.2, -0.15) is 0 Å². The fraction of sp³-hybridized carbons (Fsp3) is 0.462. The maximum absolute atomic E-state index is 12.4. The van der Waals surface area contributed by atoms with Crippen LogP contribution in [-0.2, 0) is 0 Å². The fourth-order valence-corrected chi connectivity index (χ4v) is 3.29. The molecule has 3 rings (SSSR count). The van der Waals surface area contributed by atoms with Crippen LogP contribution in [-0.4, -0.2) is 36.5 Å². The summed E-state index contributed by atoms with van der Waals surface area (Å²) in [5.74, 6) is 0.827. The Morgan fingerprint density at radius 2 is 2.29 bits per heavy atom. The van der Waals surface area contributed by atoms with E-state index in [9.17, 15) is 4.79 Å². The lowest BCUT2D eigenvalue weighted by Gasteiger charge is -2.23. The van der Waals surface area contributed by atoms with E-state index in [1.807, 2.05) is 29.2 Å². The van der Waals surface area contributed by atoms with E-state index in [1.165, 1.54) is 0 Å². The molecule has 2 aliphatic heterocycles. The SMILES string of the molecule is O=C(c1cccc(Br)c1)N1CC[C@@H]2CNC[C@@H]21. The Balaban J connectivity index is 1.83. The van der Waals surface area contributed by atoms with E-state index in [2.05, 4.69) is 21.2 Å². The summed E-state index contributed by atoms with van der Waals surface area (Å²) in [6.07, 6.45) is 1.14. The molecular formula is C13H15BrN2O. The molecule has 0 radical (unpaired) electrons. The van der Waals surface area contributed by atoms with Crippen LogP contribution in [0.3, 0.4) is 0 Å². The molecule has 0 spiro atoms. The second kappa shape index (κ2) is 4.42. The number of benzene rings is 1. The first-order valence-corrected chi connectivity index (χ1v) is 6.82. The van der Waals surface area contributed by atoms with Crippen LogP contribution in [0, 0.1) is 5.92 Å². The average molecular weight is 295 g/mol. The largest absolute Gasteiger partial charge is 0.334 e. The Hall–Kier alpha value is -0.870. The van der Waals surface area contributed by atoms with Crippen LogP contribution in [0.5, 0.6) is 0 Å². The lowest BCUT2D eigenvalue weighted by molar-refractivity contribution is 0.0737. The van der Waals surface area contributed by atoms with E-state index in [0.29, 0.717) is 12.0 Å². The summed E-state index contributed by atoms with van der Waals surface area (Å²) < 4.78 is 0.962. The Morgan fingerprint density at radius 1 is 1.41 bits per heavy atom. The van der Waals surface area contributed by atoms with Gasteiger partial charge in [-0.3, -0.25) is 4.79 Å². The minimum Gasteiger partial charge on any atom is -0.334 e. The van der Waals surface area contributed by atoms with Crippen LogP contribution in [0.15, 0.2) is 28.7 Å². The molecule has 2 aliphatic rings. The first-order valence-electron chi connectivity index (χ1n) is 6.03. The zero-order valence-electron chi connectivity index (χ0n) is 9.53. The summed E-state index contributed by atoms with van der Waals surface area (Å²) in [6.45, 7) is 2.92. The molecule has 90 valence electrons. The van der Waals surface area contributed by atoms with Gasteiger partial charge in [0.25, 0.3) is 5.91 Å².